The van der Waals surface area contributed by atoms with E-state index in [0.717, 1.165) is 31.5 Å². The minimum absolute atomic E-state index is 0.0267. The van der Waals surface area contributed by atoms with E-state index in [1.54, 1.807) is 0 Å². The number of carbonyl (C=O) groups excluding carboxylic acids is 1. The van der Waals surface area contributed by atoms with Gasteiger partial charge >= 0.3 is 0 Å². The maximum absolute atomic E-state index is 13.6. The summed E-state index contributed by atoms with van der Waals surface area (Å²) < 4.78 is 13.6. The highest BCUT2D eigenvalue weighted by atomic mass is 19.1. The fourth-order valence-electron chi connectivity index (χ4n) is 2.03. The summed E-state index contributed by atoms with van der Waals surface area (Å²) in [7, 11) is 0. The highest BCUT2D eigenvalue weighted by molar-refractivity contribution is 5.93. The number of halogens is 1. The monoisotopic (exact) mass is 267 g/mol. The maximum Gasteiger partial charge on any atom is 0.272 e. The summed E-state index contributed by atoms with van der Waals surface area (Å²) in [5.74, 6) is -1.25. The van der Waals surface area contributed by atoms with E-state index in [1.165, 1.54) is 6.07 Å². The lowest BCUT2D eigenvalue weighted by atomic mass is 9.99. The molecule has 0 unspecified atom stereocenters. The van der Waals surface area contributed by atoms with Gasteiger partial charge in [0.25, 0.3) is 5.69 Å². The molecule has 19 heavy (non-hydrogen) atoms. The van der Waals surface area contributed by atoms with Crippen molar-refractivity contribution in [3.63, 3.8) is 0 Å². The molecule has 2 rings (SSSR count). The number of anilines is 1. The van der Waals surface area contributed by atoms with E-state index < -0.39 is 10.7 Å². The van der Waals surface area contributed by atoms with Gasteiger partial charge in [0.05, 0.1) is 22.6 Å². The SMILES string of the molecule is O=C(Nc1ccc([N+](=O)[O-])cc1F)[C@H]1CCCNC1. The van der Waals surface area contributed by atoms with Gasteiger partial charge in [0.15, 0.2) is 5.82 Å². The third-order valence-electron chi connectivity index (χ3n) is 3.09. The lowest BCUT2D eigenvalue weighted by molar-refractivity contribution is -0.385. The molecule has 1 aromatic rings. The Morgan fingerprint density at radius 2 is 2.32 bits per heavy atom. The van der Waals surface area contributed by atoms with E-state index in [2.05, 4.69) is 10.6 Å². The van der Waals surface area contributed by atoms with E-state index in [4.69, 9.17) is 0 Å². The number of nitrogens with one attached hydrogen (secondary N) is 2. The van der Waals surface area contributed by atoms with E-state index in [-0.39, 0.29) is 23.2 Å². The third-order valence-corrected chi connectivity index (χ3v) is 3.09. The van der Waals surface area contributed by atoms with Crippen LogP contribution in [0.15, 0.2) is 18.2 Å². The second-order valence-corrected chi connectivity index (χ2v) is 4.45. The van der Waals surface area contributed by atoms with Crippen LogP contribution in [0.5, 0.6) is 0 Å². The summed E-state index contributed by atoms with van der Waals surface area (Å²) in [6, 6.07) is 3.17. The van der Waals surface area contributed by atoms with E-state index in [0.29, 0.717) is 6.54 Å². The largest absolute Gasteiger partial charge is 0.323 e. The Balaban J connectivity index is 2.06. The van der Waals surface area contributed by atoms with Gasteiger partial charge in [-0.25, -0.2) is 4.39 Å². The van der Waals surface area contributed by atoms with Crippen molar-refractivity contribution in [2.24, 2.45) is 5.92 Å². The Bertz CT molecular complexity index is 501. The second-order valence-electron chi connectivity index (χ2n) is 4.45. The molecule has 1 aliphatic rings. The van der Waals surface area contributed by atoms with Crippen LogP contribution in [-0.2, 0) is 4.79 Å². The molecule has 0 radical (unpaired) electrons. The average molecular weight is 267 g/mol. The van der Waals surface area contributed by atoms with Crippen molar-refractivity contribution in [2.75, 3.05) is 18.4 Å². The molecule has 2 N–H and O–H groups in total. The van der Waals surface area contributed by atoms with Gasteiger partial charge < -0.3 is 10.6 Å². The molecule has 1 heterocycles. The van der Waals surface area contributed by atoms with Gasteiger partial charge in [0.2, 0.25) is 5.91 Å². The fraction of sp³-hybridized carbons (Fsp3) is 0.417. The lowest BCUT2D eigenvalue weighted by Crippen LogP contribution is -2.37. The number of nitro benzene ring substituents is 1. The molecule has 0 spiro atoms. The van der Waals surface area contributed by atoms with Crippen molar-refractivity contribution in [2.45, 2.75) is 12.8 Å². The number of rotatable bonds is 3. The molecule has 1 aromatic carbocycles. The first kappa shape index (κ1) is 13.4. The normalized spacial score (nSPS) is 18.9. The minimum atomic E-state index is -0.800. The van der Waals surface area contributed by atoms with Gasteiger partial charge in [-0.15, -0.1) is 0 Å². The van der Waals surface area contributed by atoms with Gasteiger partial charge in [0.1, 0.15) is 0 Å². The van der Waals surface area contributed by atoms with Gasteiger partial charge in [-0.3, -0.25) is 14.9 Å². The zero-order chi connectivity index (χ0) is 13.8. The Labute approximate surface area is 109 Å². The average Bonchev–Trinajstić information content (AvgIpc) is 2.41. The van der Waals surface area contributed by atoms with Crippen molar-refractivity contribution >= 4 is 17.3 Å². The van der Waals surface area contributed by atoms with Crippen LogP contribution in [0.4, 0.5) is 15.8 Å². The number of amides is 1. The molecule has 7 heteroatoms. The highest BCUT2D eigenvalue weighted by Crippen LogP contribution is 2.21. The summed E-state index contributed by atoms with van der Waals surface area (Å²) in [5.41, 5.74) is -0.365. The molecular weight excluding hydrogens is 253 g/mol. The van der Waals surface area contributed by atoms with Crippen molar-refractivity contribution in [3.8, 4) is 0 Å². The fourth-order valence-corrected chi connectivity index (χ4v) is 2.03. The number of benzene rings is 1. The van der Waals surface area contributed by atoms with Crippen molar-refractivity contribution < 1.29 is 14.1 Å². The molecule has 0 aliphatic carbocycles. The lowest BCUT2D eigenvalue weighted by Gasteiger charge is -2.21. The topological polar surface area (TPSA) is 84.3 Å². The molecule has 1 aliphatic heterocycles. The molecule has 1 saturated heterocycles. The molecule has 1 atom stereocenters. The first-order valence-corrected chi connectivity index (χ1v) is 6.03. The van der Waals surface area contributed by atoms with E-state index >= 15 is 0 Å². The van der Waals surface area contributed by atoms with Crippen molar-refractivity contribution in [1.82, 2.24) is 5.32 Å². The van der Waals surface area contributed by atoms with Crippen LogP contribution in [0.2, 0.25) is 0 Å². The molecular formula is C12H14FN3O3. The Morgan fingerprint density at radius 3 is 2.89 bits per heavy atom. The summed E-state index contributed by atoms with van der Waals surface area (Å²) >= 11 is 0. The standard InChI is InChI=1S/C12H14FN3O3/c13-10-6-9(16(18)19)3-4-11(10)15-12(17)8-2-1-5-14-7-8/h3-4,6,8,14H,1-2,5,7H2,(H,15,17)/t8-/m0/s1. The molecule has 0 bridgehead atoms. The minimum Gasteiger partial charge on any atom is -0.323 e. The van der Waals surface area contributed by atoms with Gasteiger partial charge in [0, 0.05) is 12.6 Å². The highest BCUT2D eigenvalue weighted by Gasteiger charge is 2.22. The Morgan fingerprint density at radius 1 is 1.53 bits per heavy atom. The predicted molar refractivity (Wildman–Crippen MR) is 67.3 cm³/mol. The molecule has 1 amide bonds. The molecule has 1 fully saturated rings. The van der Waals surface area contributed by atoms with Crippen LogP contribution >= 0.6 is 0 Å². The van der Waals surface area contributed by atoms with Crippen LogP contribution in [-0.4, -0.2) is 23.9 Å². The van der Waals surface area contributed by atoms with Crippen LogP contribution in [0, 0.1) is 21.8 Å². The number of carbonyl (C=O) groups is 1. The predicted octanol–water partition coefficient (Wildman–Crippen LogP) is 1.67. The number of nitro groups is 1. The van der Waals surface area contributed by atoms with Crippen LogP contribution in [0.3, 0.4) is 0 Å². The molecule has 0 aromatic heterocycles. The third kappa shape index (κ3) is 3.25. The molecule has 102 valence electrons. The smallest absolute Gasteiger partial charge is 0.272 e. The van der Waals surface area contributed by atoms with Crippen LogP contribution in [0.1, 0.15) is 12.8 Å². The Hall–Kier alpha value is -2.02. The molecule has 0 saturated carbocycles. The second kappa shape index (κ2) is 5.75. The van der Waals surface area contributed by atoms with E-state index in [1.807, 2.05) is 0 Å². The maximum atomic E-state index is 13.6. The summed E-state index contributed by atoms with van der Waals surface area (Å²) in [5, 5.41) is 16.0. The zero-order valence-corrected chi connectivity index (χ0v) is 10.2. The van der Waals surface area contributed by atoms with Crippen molar-refractivity contribution in [1.29, 1.82) is 0 Å². The van der Waals surface area contributed by atoms with Gasteiger partial charge in [-0.05, 0) is 25.5 Å². The number of piperidine rings is 1. The Kier molecular flexibility index (Phi) is 4.06. The summed E-state index contributed by atoms with van der Waals surface area (Å²) in [6.07, 6.45) is 1.66. The molecule has 6 nitrogen and oxygen atoms in total. The first-order valence-electron chi connectivity index (χ1n) is 6.03. The summed E-state index contributed by atoms with van der Waals surface area (Å²) in [4.78, 5) is 21.7. The van der Waals surface area contributed by atoms with Crippen LogP contribution < -0.4 is 10.6 Å². The number of hydrogen-bond acceptors (Lipinski definition) is 4. The zero-order valence-electron chi connectivity index (χ0n) is 10.2. The first-order chi connectivity index (χ1) is 9.08. The number of non-ortho nitro benzene ring substituents is 1. The van der Waals surface area contributed by atoms with Gasteiger partial charge in [-0.1, -0.05) is 0 Å². The quantitative estimate of drug-likeness (QED) is 0.644. The number of hydrogen-bond donors (Lipinski definition) is 2. The van der Waals surface area contributed by atoms with Gasteiger partial charge in [-0.2, -0.15) is 0 Å². The number of nitrogens with zero attached hydrogens (tertiary/aromatic N) is 1. The van der Waals surface area contributed by atoms with Crippen LogP contribution in [0.25, 0.3) is 0 Å². The summed E-state index contributed by atoms with van der Waals surface area (Å²) in [6.45, 7) is 1.45. The van der Waals surface area contributed by atoms with Crippen molar-refractivity contribution in [3.05, 3.63) is 34.1 Å². The van der Waals surface area contributed by atoms with E-state index in [9.17, 15) is 19.3 Å².